The van der Waals surface area contributed by atoms with Gasteiger partial charge in [0.25, 0.3) is 5.91 Å². The number of imide groups is 1. The van der Waals surface area contributed by atoms with Gasteiger partial charge in [-0.25, -0.2) is 4.79 Å². The van der Waals surface area contributed by atoms with E-state index in [-0.39, 0.29) is 30.8 Å². The Hall–Kier alpha value is -3.94. The molecule has 8 heteroatoms. The molecule has 2 aromatic rings. The summed E-state index contributed by atoms with van der Waals surface area (Å²) in [5, 5.41) is 8.17. The molecule has 0 bridgehead atoms. The lowest BCUT2D eigenvalue weighted by molar-refractivity contribution is -0.125. The summed E-state index contributed by atoms with van der Waals surface area (Å²) in [5.74, 6) is -0.676. The van der Waals surface area contributed by atoms with E-state index in [1.54, 1.807) is 54.6 Å². The molecular weight excluding hydrogens is 396 g/mol. The number of anilines is 1. The Labute approximate surface area is 179 Å². The zero-order chi connectivity index (χ0) is 21.8. The van der Waals surface area contributed by atoms with Crippen molar-refractivity contribution in [3.05, 3.63) is 71.3 Å². The average Bonchev–Trinajstić information content (AvgIpc) is 3.53. The molecule has 0 aromatic heterocycles. The smallest absolute Gasteiger partial charge is 0.324 e. The van der Waals surface area contributed by atoms with Crippen LogP contribution < -0.4 is 16.0 Å². The van der Waals surface area contributed by atoms with Gasteiger partial charge in [-0.1, -0.05) is 24.3 Å². The van der Waals surface area contributed by atoms with Gasteiger partial charge in [0.15, 0.2) is 0 Å². The lowest BCUT2D eigenvalue weighted by Crippen LogP contribution is -2.30. The predicted molar refractivity (Wildman–Crippen MR) is 115 cm³/mol. The second-order valence-corrected chi connectivity index (χ2v) is 7.53. The maximum Gasteiger partial charge on any atom is 0.324 e. The number of benzene rings is 2. The molecule has 2 aliphatic rings. The number of nitrogens with one attached hydrogen (secondary N) is 3. The molecule has 5 amide bonds. The van der Waals surface area contributed by atoms with Gasteiger partial charge in [0.2, 0.25) is 11.8 Å². The molecule has 1 aliphatic carbocycles. The van der Waals surface area contributed by atoms with Gasteiger partial charge in [-0.2, -0.15) is 0 Å². The Morgan fingerprint density at radius 1 is 1.10 bits per heavy atom. The Morgan fingerprint density at radius 3 is 2.55 bits per heavy atom. The molecule has 0 radical (unpaired) electrons. The van der Waals surface area contributed by atoms with E-state index < -0.39 is 6.03 Å². The van der Waals surface area contributed by atoms with Crippen LogP contribution >= 0.6 is 0 Å². The third-order valence-corrected chi connectivity index (χ3v) is 4.98. The number of hydrogen-bond donors (Lipinski definition) is 3. The zero-order valence-corrected chi connectivity index (χ0v) is 16.8. The topological polar surface area (TPSA) is 108 Å². The summed E-state index contributed by atoms with van der Waals surface area (Å²) in [6.07, 6.45) is 5.14. The van der Waals surface area contributed by atoms with Crippen LogP contribution in [0.15, 0.2) is 54.6 Å². The number of nitrogens with zero attached hydrogens (tertiary/aromatic N) is 1. The molecule has 2 fully saturated rings. The molecule has 1 heterocycles. The monoisotopic (exact) mass is 418 g/mol. The number of carbonyl (C=O) groups excluding carboxylic acids is 4. The molecule has 0 unspecified atom stereocenters. The first-order valence-corrected chi connectivity index (χ1v) is 10.0. The molecule has 1 aliphatic heterocycles. The maximum absolute atomic E-state index is 12.3. The van der Waals surface area contributed by atoms with Crippen LogP contribution in [0.25, 0.3) is 6.08 Å². The van der Waals surface area contributed by atoms with Crippen molar-refractivity contribution in [2.24, 2.45) is 0 Å². The van der Waals surface area contributed by atoms with Gasteiger partial charge in [-0.15, -0.1) is 0 Å². The van der Waals surface area contributed by atoms with Crippen molar-refractivity contribution in [2.75, 3.05) is 11.9 Å². The van der Waals surface area contributed by atoms with Crippen LogP contribution in [0, 0.1) is 0 Å². The van der Waals surface area contributed by atoms with Crippen molar-refractivity contribution in [1.29, 1.82) is 0 Å². The van der Waals surface area contributed by atoms with Crippen molar-refractivity contribution in [1.82, 2.24) is 15.5 Å². The van der Waals surface area contributed by atoms with Gasteiger partial charge in [-0.3, -0.25) is 19.3 Å². The quantitative estimate of drug-likeness (QED) is 0.474. The third-order valence-electron chi connectivity index (χ3n) is 4.98. The van der Waals surface area contributed by atoms with Gasteiger partial charge in [-0.05, 0) is 54.3 Å². The summed E-state index contributed by atoms with van der Waals surface area (Å²) < 4.78 is 0. The number of rotatable bonds is 7. The summed E-state index contributed by atoms with van der Waals surface area (Å²) in [7, 11) is 0. The van der Waals surface area contributed by atoms with Crippen LogP contribution in [-0.2, 0) is 16.1 Å². The third kappa shape index (κ3) is 5.36. The average molecular weight is 418 g/mol. The van der Waals surface area contributed by atoms with E-state index in [0.717, 1.165) is 28.9 Å². The fourth-order valence-electron chi connectivity index (χ4n) is 3.14. The molecule has 1 saturated carbocycles. The van der Waals surface area contributed by atoms with Gasteiger partial charge >= 0.3 is 6.03 Å². The standard InChI is InChI=1S/C23H22N4O4/c28-20(11-6-15-4-7-17(8-5-15)22(30)26-18-9-10-18)25-19-3-1-2-16(12-19)14-27-21(29)13-24-23(27)31/h1-8,11-12,18H,9-10,13-14H2,(H,24,31)(H,25,28)(H,26,30)/b11-6+. The molecule has 158 valence electrons. The molecular formula is C23H22N4O4. The maximum atomic E-state index is 12.3. The Bertz CT molecular complexity index is 1040. The van der Waals surface area contributed by atoms with Crippen molar-refractivity contribution in [3.8, 4) is 0 Å². The summed E-state index contributed by atoms with van der Waals surface area (Å²) in [6.45, 7) is 0.150. The zero-order valence-electron chi connectivity index (χ0n) is 16.8. The number of hydrogen-bond acceptors (Lipinski definition) is 4. The van der Waals surface area contributed by atoms with E-state index in [0.29, 0.717) is 17.3 Å². The minimum atomic E-state index is -0.418. The number of urea groups is 1. The van der Waals surface area contributed by atoms with E-state index in [4.69, 9.17) is 0 Å². The van der Waals surface area contributed by atoms with E-state index in [9.17, 15) is 19.2 Å². The van der Waals surface area contributed by atoms with Crippen molar-refractivity contribution >= 4 is 35.5 Å². The summed E-state index contributed by atoms with van der Waals surface area (Å²) in [4.78, 5) is 48.8. The largest absolute Gasteiger partial charge is 0.349 e. The SMILES string of the molecule is O=C(/C=C/c1ccc(C(=O)NC2CC2)cc1)Nc1cccc(CN2C(=O)CNC2=O)c1. The first-order chi connectivity index (χ1) is 15.0. The fraction of sp³-hybridized carbons (Fsp3) is 0.217. The normalized spacial score (nSPS) is 15.8. The molecule has 0 atom stereocenters. The first kappa shape index (κ1) is 20.3. The van der Waals surface area contributed by atoms with E-state index >= 15 is 0 Å². The predicted octanol–water partition coefficient (Wildman–Crippen LogP) is 2.28. The lowest BCUT2D eigenvalue weighted by atomic mass is 10.1. The molecule has 2 aromatic carbocycles. The van der Waals surface area contributed by atoms with Crippen LogP contribution in [0.4, 0.5) is 10.5 Å². The molecule has 1 saturated heterocycles. The van der Waals surface area contributed by atoms with Crippen LogP contribution in [0.1, 0.15) is 34.3 Å². The minimum Gasteiger partial charge on any atom is -0.349 e. The number of amides is 5. The van der Waals surface area contributed by atoms with E-state index in [1.165, 1.54) is 6.08 Å². The fourth-order valence-corrected chi connectivity index (χ4v) is 3.14. The summed E-state index contributed by atoms with van der Waals surface area (Å²) in [5.41, 5.74) is 2.68. The molecule has 8 nitrogen and oxygen atoms in total. The summed E-state index contributed by atoms with van der Waals surface area (Å²) >= 11 is 0. The molecule has 3 N–H and O–H groups in total. The van der Waals surface area contributed by atoms with E-state index in [1.807, 2.05) is 0 Å². The van der Waals surface area contributed by atoms with Crippen LogP contribution in [0.3, 0.4) is 0 Å². The van der Waals surface area contributed by atoms with Crippen LogP contribution in [0.2, 0.25) is 0 Å². The molecule has 0 spiro atoms. The second kappa shape index (κ2) is 8.83. The molecule has 4 rings (SSSR count). The van der Waals surface area contributed by atoms with Gasteiger partial charge < -0.3 is 16.0 Å². The van der Waals surface area contributed by atoms with Gasteiger partial charge in [0.05, 0.1) is 13.1 Å². The van der Waals surface area contributed by atoms with Crippen LogP contribution in [-0.4, -0.2) is 41.2 Å². The van der Waals surface area contributed by atoms with Gasteiger partial charge in [0, 0.05) is 23.4 Å². The highest BCUT2D eigenvalue weighted by atomic mass is 16.2. The summed E-state index contributed by atoms with van der Waals surface area (Å²) in [6, 6.07) is 13.9. The highest BCUT2D eigenvalue weighted by Gasteiger charge is 2.28. The Morgan fingerprint density at radius 2 is 1.87 bits per heavy atom. The molecule has 31 heavy (non-hydrogen) atoms. The Kier molecular flexibility index (Phi) is 5.79. The highest BCUT2D eigenvalue weighted by molar-refractivity contribution is 6.03. The highest BCUT2D eigenvalue weighted by Crippen LogP contribution is 2.19. The lowest BCUT2D eigenvalue weighted by Gasteiger charge is -2.13. The minimum absolute atomic E-state index is 0.00618. The first-order valence-electron chi connectivity index (χ1n) is 10.0. The van der Waals surface area contributed by atoms with E-state index in [2.05, 4.69) is 16.0 Å². The van der Waals surface area contributed by atoms with Crippen LogP contribution in [0.5, 0.6) is 0 Å². The Balaban J connectivity index is 1.33. The van der Waals surface area contributed by atoms with Crippen molar-refractivity contribution in [2.45, 2.75) is 25.4 Å². The van der Waals surface area contributed by atoms with Gasteiger partial charge in [0.1, 0.15) is 0 Å². The number of carbonyl (C=O) groups is 4. The second-order valence-electron chi connectivity index (χ2n) is 7.53. The van der Waals surface area contributed by atoms with Crippen molar-refractivity contribution < 1.29 is 19.2 Å². The van der Waals surface area contributed by atoms with Crippen molar-refractivity contribution in [3.63, 3.8) is 0 Å².